The monoisotopic (exact) mass is 291 g/mol. The van der Waals surface area contributed by atoms with Gasteiger partial charge in [0.05, 0.1) is 18.9 Å². The summed E-state index contributed by atoms with van der Waals surface area (Å²) in [5.41, 5.74) is 2.21. The van der Waals surface area contributed by atoms with Gasteiger partial charge in [-0.25, -0.2) is 4.98 Å². The van der Waals surface area contributed by atoms with Gasteiger partial charge >= 0.3 is 0 Å². The molecule has 2 heterocycles. The Morgan fingerprint density at radius 2 is 2.19 bits per heavy atom. The molecule has 1 aromatic rings. The standard InChI is InChI=1S/C16H25N3O2/c1-16(2)13(10-7-9-21-14(10)16)18-12-11(19(3)4)6-8-17-15(12)20-5/h6,8,10,13-14,18H,7,9H2,1-5H3. The quantitative estimate of drug-likeness (QED) is 0.923. The van der Waals surface area contributed by atoms with Gasteiger partial charge < -0.3 is 19.7 Å². The summed E-state index contributed by atoms with van der Waals surface area (Å²) in [6.07, 6.45) is 3.29. The van der Waals surface area contributed by atoms with E-state index in [1.807, 2.05) is 20.2 Å². The molecule has 5 nitrogen and oxygen atoms in total. The van der Waals surface area contributed by atoms with Crippen molar-refractivity contribution in [2.24, 2.45) is 11.3 Å². The maximum Gasteiger partial charge on any atom is 0.239 e. The van der Waals surface area contributed by atoms with Crippen LogP contribution >= 0.6 is 0 Å². The average molecular weight is 291 g/mol. The van der Waals surface area contributed by atoms with Gasteiger partial charge in [-0.3, -0.25) is 0 Å². The normalized spacial score (nSPS) is 29.5. The van der Waals surface area contributed by atoms with Gasteiger partial charge in [0, 0.05) is 44.3 Å². The lowest BCUT2D eigenvalue weighted by molar-refractivity contribution is -0.0923. The van der Waals surface area contributed by atoms with Crippen molar-refractivity contribution in [2.75, 3.05) is 38.0 Å². The maximum atomic E-state index is 5.87. The first kappa shape index (κ1) is 14.4. The van der Waals surface area contributed by atoms with Gasteiger partial charge in [0.1, 0.15) is 5.69 Å². The molecule has 1 saturated carbocycles. The molecule has 5 heteroatoms. The fraction of sp³-hybridized carbons (Fsp3) is 0.688. The number of nitrogens with zero attached hydrogens (tertiary/aromatic N) is 2. The summed E-state index contributed by atoms with van der Waals surface area (Å²) in [5.74, 6) is 1.24. The second-order valence-corrected chi connectivity index (χ2v) is 6.80. The topological polar surface area (TPSA) is 46.6 Å². The summed E-state index contributed by atoms with van der Waals surface area (Å²) in [4.78, 5) is 6.43. The van der Waals surface area contributed by atoms with Crippen LogP contribution in [0.2, 0.25) is 0 Å². The van der Waals surface area contributed by atoms with Crippen molar-refractivity contribution in [3.8, 4) is 5.88 Å². The summed E-state index contributed by atoms with van der Waals surface area (Å²) >= 11 is 0. The second kappa shape index (κ2) is 5.05. The molecule has 3 atom stereocenters. The molecule has 0 aromatic carbocycles. The van der Waals surface area contributed by atoms with Crippen LogP contribution in [0.3, 0.4) is 0 Å². The van der Waals surface area contributed by atoms with E-state index in [1.54, 1.807) is 13.3 Å². The van der Waals surface area contributed by atoms with Crippen LogP contribution in [0.25, 0.3) is 0 Å². The minimum absolute atomic E-state index is 0.131. The Morgan fingerprint density at radius 3 is 2.86 bits per heavy atom. The Kier molecular flexibility index (Phi) is 3.48. The molecule has 1 aliphatic carbocycles. The summed E-state index contributed by atoms with van der Waals surface area (Å²) in [6.45, 7) is 5.42. The van der Waals surface area contributed by atoms with E-state index in [1.165, 1.54) is 0 Å². The number of aromatic nitrogens is 1. The summed E-state index contributed by atoms with van der Waals surface area (Å²) in [7, 11) is 5.74. The highest BCUT2D eigenvalue weighted by molar-refractivity contribution is 5.74. The van der Waals surface area contributed by atoms with Gasteiger partial charge in [0.2, 0.25) is 5.88 Å². The molecule has 2 fully saturated rings. The van der Waals surface area contributed by atoms with Gasteiger partial charge in [0.15, 0.2) is 0 Å². The number of ether oxygens (including phenoxy) is 2. The van der Waals surface area contributed by atoms with E-state index in [4.69, 9.17) is 9.47 Å². The number of fused-ring (bicyclic) bond motifs is 1. The molecule has 0 radical (unpaired) electrons. The zero-order valence-electron chi connectivity index (χ0n) is 13.5. The van der Waals surface area contributed by atoms with Crippen molar-refractivity contribution >= 4 is 11.4 Å². The Morgan fingerprint density at radius 1 is 1.43 bits per heavy atom. The first-order valence-corrected chi connectivity index (χ1v) is 7.55. The van der Waals surface area contributed by atoms with Crippen molar-refractivity contribution in [1.82, 2.24) is 4.98 Å². The Hall–Kier alpha value is -1.49. The lowest BCUT2D eigenvalue weighted by Crippen LogP contribution is -2.63. The molecule has 21 heavy (non-hydrogen) atoms. The lowest BCUT2D eigenvalue weighted by atomic mass is 9.57. The largest absolute Gasteiger partial charge is 0.479 e. The number of anilines is 2. The van der Waals surface area contributed by atoms with Gasteiger partial charge in [-0.15, -0.1) is 0 Å². The number of hydrogen-bond acceptors (Lipinski definition) is 5. The van der Waals surface area contributed by atoms with Crippen molar-refractivity contribution in [2.45, 2.75) is 32.4 Å². The first-order valence-electron chi connectivity index (χ1n) is 7.55. The predicted molar refractivity (Wildman–Crippen MR) is 84.2 cm³/mol. The number of pyridine rings is 1. The molecule has 3 unspecified atom stereocenters. The highest BCUT2D eigenvalue weighted by Crippen LogP contribution is 2.54. The molecular formula is C16H25N3O2. The third-order valence-corrected chi connectivity index (χ3v) is 4.97. The molecule has 1 aromatic heterocycles. The zero-order chi connectivity index (χ0) is 15.2. The van der Waals surface area contributed by atoms with Gasteiger partial charge in [-0.05, 0) is 12.5 Å². The average Bonchev–Trinajstić information content (AvgIpc) is 2.91. The van der Waals surface area contributed by atoms with Gasteiger partial charge in [0.25, 0.3) is 0 Å². The number of rotatable bonds is 4. The number of hydrogen-bond donors (Lipinski definition) is 1. The molecule has 3 rings (SSSR count). The highest BCUT2D eigenvalue weighted by Gasteiger charge is 2.59. The third-order valence-electron chi connectivity index (χ3n) is 4.97. The number of methoxy groups -OCH3 is 1. The van der Waals surface area contributed by atoms with E-state index in [2.05, 4.69) is 29.0 Å². The van der Waals surface area contributed by atoms with Crippen LogP contribution in [-0.2, 0) is 4.74 Å². The van der Waals surface area contributed by atoms with E-state index in [0.717, 1.165) is 24.4 Å². The Labute approximate surface area is 126 Å². The molecule has 116 valence electrons. The van der Waals surface area contributed by atoms with Crippen LogP contribution < -0.4 is 15.0 Å². The fourth-order valence-electron chi connectivity index (χ4n) is 3.87. The minimum Gasteiger partial charge on any atom is -0.479 e. The first-order chi connectivity index (χ1) is 9.96. The van der Waals surface area contributed by atoms with Crippen molar-refractivity contribution in [3.05, 3.63) is 12.3 Å². The molecule has 1 saturated heterocycles. The number of nitrogens with one attached hydrogen (secondary N) is 1. The van der Waals surface area contributed by atoms with E-state index in [-0.39, 0.29) is 5.41 Å². The van der Waals surface area contributed by atoms with E-state index in [0.29, 0.717) is 23.9 Å². The van der Waals surface area contributed by atoms with Crippen LogP contribution in [0.15, 0.2) is 12.3 Å². The van der Waals surface area contributed by atoms with Crippen LogP contribution in [0, 0.1) is 11.3 Å². The summed E-state index contributed by atoms with van der Waals surface area (Å²) in [5, 5.41) is 3.70. The van der Waals surface area contributed by atoms with Crippen LogP contribution in [0.5, 0.6) is 5.88 Å². The molecule has 1 N–H and O–H groups in total. The van der Waals surface area contributed by atoms with Crippen LogP contribution in [-0.4, -0.2) is 44.9 Å². The second-order valence-electron chi connectivity index (χ2n) is 6.80. The van der Waals surface area contributed by atoms with Crippen LogP contribution in [0.1, 0.15) is 20.3 Å². The van der Waals surface area contributed by atoms with E-state index in [9.17, 15) is 0 Å². The SMILES string of the molecule is COc1nccc(N(C)C)c1NC1C2CCOC2C1(C)C. The van der Waals surface area contributed by atoms with Gasteiger partial charge in [-0.2, -0.15) is 0 Å². The summed E-state index contributed by atoms with van der Waals surface area (Å²) in [6, 6.07) is 2.40. The molecule has 0 spiro atoms. The van der Waals surface area contributed by atoms with E-state index >= 15 is 0 Å². The predicted octanol–water partition coefficient (Wildman–Crippen LogP) is 2.38. The highest BCUT2D eigenvalue weighted by atomic mass is 16.5. The molecule has 1 aliphatic heterocycles. The Balaban J connectivity index is 1.91. The van der Waals surface area contributed by atoms with Crippen molar-refractivity contribution < 1.29 is 9.47 Å². The lowest BCUT2D eigenvalue weighted by Gasteiger charge is -2.55. The molecule has 2 aliphatic rings. The molecule has 0 bridgehead atoms. The smallest absolute Gasteiger partial charge is 0.239 e. The Bertz CT molecular complexity index is 530. The van der Waals surface area contributed by atoms with E-state index < -0.39 is 0 Å². The fourth-order valence-corrected chi connectivity index (χ4v) is 3.87. The summed E-state index contributed by atoms with van der Waals surface area (Å²) < 4.78 is 11.3. The minimum atomic E-state index is 0.131. The third kappa shape index (κ3) is 2.14. The van der Waals surface area contributed by atoms with Crippen molar-refractivity contribution in [3.63, 3.8) is 0 Å². The zero-order valence-corrected chi connectivity index (χ0v) is 13.5. The molecule has 0 amide bonds. The van der Waals surface area contributed by atoms with Gasteiger partial charge in [-0.1, -0.05) is 13.8 Å². The van der Waals surface area contributed by atoms with Crippen molar-refractivity contribution in [1.29, 1.82) is 0 Å². The van der Waals surface area contributed by atoms with Crippen LogP contribution in [0.4, 0.5) is 11.4 Å². The maximum absolute atomic E-state index is 5.87. The molecular weight excluding hydrogens is 266 g/mol.